The number of benzene rings is 1. The van der Waals surface area contributed by atoms with Crippen molar-refractivity contribution in [2.45, 2.75) is 33.3 Å². The lowest BCUT2D eigenvalue weighted by atomic mass is 10.2. The molecule has 2 N–H and O–H groups in total. The average molecular weight is 507 g/mol. The van der Waals surface area contributed by atoms with E-state index in [0.29, 0.717) is 22.3 Å². The number of aromatic nitrogens is 4. The lowest BCUT2D eigenvalue weighted by molar-refractivity contribution is -0.182. The van der Waals surface area contributed by atoms with Crippen LogP contribution in [0.2, 0.25) is 10.0 Å². The van der Waals surface area contributed by atoms with Crippen LogP contribution < -0.4 is 10.6 Å². The van der Waals surface area contributed by atoms with E-state index in [-0.39, 0.29) is 11.8 Å². The molecule has 1 aromatic carbocycles. The van der Waals surface area contributed by atoms with E-state index in [9.17, 15) is 13.2 Å². The molecule has 13 heteroatoms. The quantitative estimate of drug-likeness (QED) is 0.418. The van der Waals surface area contributed by atoms with Gasteiger partial charge >= 0.3 is 6.18 Å². The van der Waals surface area contributed by atoms with Gasteiger partial charge in [0, 0.05) is 10.0 Å². The van der Waals surface area contributed by atoms with Gasteiger partial charge in [0.15, 0.2) is 5.11 Å². The van der Waals surface area contributed by atoms with Crippen LogP contribution >= 0.6 is 35.4 Å². The Labute approximate surface area is 197 Å². The van der Waals surface area contributed by atoms with Crippen LogP contribution in [-0.4, -0.2) is 37.5 Å². The van der Waals surface area contributed by atoms with Crippen LogP contribution in [0.4, 0.5) is 24.5 Å². The number of thiocarbonyl (C=S) groups is 1. The van der Waals surface area contributed by atoms with Crippen LogP contribution in [0.25, 0.3) is 0 Å². The summed E-state index contributed by atoms with van der Waals surface area (Å²) in [5.74, 6) is 0. The summed E-state index contributed by atoms with van der Waals surface area (Å²) in [7, 11) is 0. The number of ether oxygens (including phenoxy) is 1. The van der Waals surface area contributed by atoms with Crippen LogP contribution in [0.3, 0.4) is 0 Å². The standard InChI is InChI=1S/C19H19Cl2F3N6OS/c1-11-17(12(2)30(28-11)7-13-3-4-14(20)5-16(13)21)27-18(32)26-15-6-25-29(8-15)10-31-9-19(22,23)24/h3-6,8H,7,9-10H2,1-2H3,(H2,26,27,32). The number of halogens is 5. The minimum Gasteiger partial charge on any atom is -0.350 e. The monoisotopic (exact) mass is 506 g/mol. The summed E-state index contributed by atoms with van der Waals surface area (Å²) in [4.78, 5) is 0. The van der Waals surface area contributed by atoms with Crippen LogP contribution in [0.1, 0.15) is 17.0 Å². The number of nitrogens with one attached hydrogen (secondary N) is 2. The number of rotatable bonds is 7. The molecule has 0 atom stereocenters. The highest BCUT2D eigenvalue weighted by atomic mass is 35.5. The Hall–Kier alpha value is -2.34. The minimum absolute atomic E-state index is 0.274. The van der Waals surface area contributed by atoms with Gasteiger partial charge in [-0.25, -0.2) is 4.68 Å². The first-order chi connectivity index (χ1) is 15.0. The van der Waals surface area contributed by atoms with Crippen molar-refractivity contribution in [3.05, 3.63) is 57.6 Å². The number of alkyl halides is 3. The molecule has 3 aromatic rings. The van der Waals surface area contributed by atoms with E-state index >= 15 is 0 Å². The number of hydrogen-bond acceptors (Lipinski definition) is 4. The summed E-state index contributed by atoms with van der Waals surface area (Å²) in [6.07, 6.45) is -1.48. The Balaban J connectivity index is 1.61. The Morgan fingerprint density at radius 2 is 1.97 bits per heavy atom. The summed E-state index contributed by atoms with van der Waals surface area (Å²) in [6.45, 7) is 2.51. The highest BCUT2D eigenvalue weighted by Crippen LogP contribution is 2.25. The molecule has 7 nitrogen and oxygen atoms in total. The molecular weight excluding hydrogens is 488 g/mol. The maximum absolute atomic E-state index is 12.2. The zero-order valence-corrected chi connectivity index (χ0v) is 19.3. The first kappa shape index (κ1) is 24.3. The molecule has 2 aromatic heterocycles. The van der Waals surface area contributed by atoms with Gasteiger partial charge in [0.25, 0.3) is 0 Å². The molecular formula is C19H19Cl2F3N6OS. The number of nitrogens with zero attached hydrogens (tertiary/aromatic N) is 4. The van der Waals surface area contributed by atoms with E-state index in [1.165, 1.54) is 17.1 Å². The number of aryl methyl sites for hydroxylation is 1. The van der Waals surface area contributed by atoms with Crippen molar-refractivity contribution in [2.75, 3.05) is 17.2 Å². The van der Waals surface area contributed by atoms with Gasteiger partial charge in [-0.1, -0.05) is 29.3 Å². The molecule has 0 aliphatic heterocycles. The molecule has 0 saturated heterocycles. The fourth-order valence-electron chi connectivity index (χ4n) is 2.87. The molecule has 2 heterocycles. The Morgan fingerprint density at radius 1 is 1.22 bits per heavy atom. The van der Waals surface area contributed by atoms with Crippen molar-refractivity contribution in [1.82, 2.24) is 19.6 Å². The van der Waals surface area contributed by atoms with Crippen LogP contribution in [0.5, 0.6) is 0 Å². The van der Waals surface area contributed by atoms with E-state index in [2.05, 4.69) is 25.6 Å². The normalized spacial score (nSPS) is 11.6. The zero-order valence-electron chi connectivity index (χ0n) is 17.0. The maximum Gasteiger partial charge on any atom is 0.411 e. The summed E-state index contributed by atoms with van der Waals surface area (Å²) in [6, 6.07) is 5.29. The van der Waals surface area contributed by atoms with Gasteiger partial charge < -0.3 is 15.4 Å². The first-order valence-electron chi connectivity index (χ1n) is 9.24. The molecule has 0 spiro atoms. The lowest BCUT2D eigenvalue weighted by Crippen LogP contribution is -2.20. The third-order valence-corrected chi connectivity index (χ3v) is 5.13. The molecule has 0 aliphatic rings. The first-order valence-corrected chi connectivity index (χ1v) is 10.4. The number of anilines is 2. The van der Waals surface area contributed by atoms with Gasteiger partial charge in [-0.3, -0.25) is 4.68 Å². The Kier molecular flexibility index (Phi) is 7.65. The topological polar surface area (TPSA) is 68.9 Å². The van der Waals surface area contributed by atoms with Crippen molar-refractivity contribution in [3.8, 4) is 0 Å². The SMILES string of the molecule is Cc1nn(Cc2ccc(Cl)cc2Cl)c(C)c1NC(=S)Nc1cnn(COCC(F)(F)F)c1. The molecule has 0 fully saturated rings. The van der Waals surface area contributed by atoms with Gasteiger partial charge in [0.2, 0.25) is 0 Å². The third kappa shape index (κ3) is 6.58. The molecule has 0 amide bonds. The highest BCUT2D eigenvalue weighted by molar-refractivity contribution is 7.80. The van der Waals surface area contributed by atoms with Crippen molar-refractivity contribution in [1.29, 1.82) is 0 Å². The van der Waals surface area contributed by atoms with Gasteiger partial charge in [0.05, 0.1) is 41.7 Å². The Morgan fingerprint density at radius 3 is 2.66 bits per heavy atom. The molecule has 0 radical (unpaired) electrons. The second kappa shape index (κ2) is 10.1. The van der Waals surface area contributed by atoms with Crippen molar-refractivity contribution >= 4 is 51.9 Å². The van der Waals surface area contributed by atoms with E-state index in [4.69, 9.17) is 35.4 Å². The smallest absolute Gasteiger partial charge is 0.350 e. The second-order valence-corrected chi connectivity index (χ2v) is 8.13. The summed E-state index contributed by atoms with van der Waals surface area (Å²) >= 11 is 17.6. The second-order valence-electron chi connectivity index (χ2n) is 6.88. The molecule has 0 aliphatic carbocycles. The van der Waals surface area contributed by atoms with Crippen LogP contribution in [-0.2, 0) is 18.0 Å². The van der Waals surface area contributed by atoms with Crippen molar-refractivity contribution in [3.63, 3.8) is 0 Å². The van der Waals surface area contributed by atoms with Gasteiger partial charge in [0.1, 0.15) is 13.3 Å². The minimum atomic E-state index is -4.39. The van der Waals surface area contributed by atoms with E-state index in [0.717, 1.165) is 22.6 Å². The zero-order chi connectivity index (χ0) is 23.5. The fraction of sp³-hybridized carbons (Fsp3) is 0.316. The summed E-state index contributed by atoms with van der Waals surface area (Å²) in [5.41, 5.74) is 3.67. The van der Waals surface area contributed by atoms with Gasteiger partial charge in [-0.05, 0) is 43.8 Å². The molecule has 0 saturated carbocycles. The Bertz CT molecular complexity index is 1120. The lowest BCUT2D eigenvalue weighted by Gasteiger charge is -2.11. The largest absolute Gasteiger partial charge is 0.411 e. The predicted molar refractivity (Wildman–Crippen MR) is 121 cm³/mol. The third-order valence-electron chi connectivity index (χ3n) is 4.34. The predicted octanol–water partition coefficient (Wildman–Crippen LogP) is 5.40. The van der Waals surface area contributed by atoms with Crippen LogP contribution in [0.15, 0.2) is 30.6 Å². The average Bonchev–Trinajstić information content (AvgIpc) is 3.22. The van der Waals surface area contributed by atoms with Crippen LogP contribution in [0, 0.1) is 13.8 Å². The van der Waals surface area contributed by atoms with E-state index < -0.39 is 12.8 Å². The van der Waals surface area contributed by atoms with Gasteiger partial charge in [-0.15, -0.1) is 0 Å². The molecule has 0 bridgehead atoms. The van der Waals surface area contributed by atoms with E-state index in [1.54, 1.807) is 16.8 Å². The van der Waals surface area contributed by atoms with Crippen molar-refractivity contribution < 1.29 is 17.9 Å². The summed E-state index contributed by atoms with van der Waals surface area (Å²) in [5, 5.41) is 15.9. The van der Waals surface area contributed by atoms with E-state index in [1.807, 2.05) is 19.9 Å². The molecule has 32 heavy (non-hydrogen) atoms. The summed E-state index contributed by atoms with van der Waals surface area (Å²) < 4.78 is 44.1. The molecule has 3 rings (SSSR count). The molecule has 0 unspecified atom stereocenters. The maximum atomic E-state index is 12.2. The van der Waals surface area contributed by atoms with Gasteiger partial charge in [-0.2, -0.15) is 23.4 Å². The van der Waals surface area contributed by atoms with Crippen molar-refractivity contribution in [2.24, 2.45) is 0 Å². The fourth-order valence-corrected chi connectivity index (χ4v) is 3.56. The highest BCUT2D eigenvalue weighted by Gasteiger charge is 2.27. The number of hydrogen-bond donors (Lipinski definition) is 2. The molecule has 172 valence electrons.